The van der Waals surface area contributed by atoms with Crippen molar-refractivity contribution in [2.45, 2.75) is 25.7 Å². The lowest BCUT2D eigenvalue weighted by molar-refractivity contribution is -0.129. The zero-order valence-corrected chi connectivity index (χ0v) is 12.6. The Morgan fingerprint density at radius 2 is 2.00 bits per heavy atom. The summed E-state index contributed by atoms with van der Waals surface area (Å²) in [7, 11) is 0. The summed E-state index contributed by atoms with van der Waals surface area (Å²) in [6.07, 6.45) is 3.41. The number of benzene rings is 1. The number of nitrogens with zero attached hydrogens (tertiary/aromatic N) is 1. The van der Waals surface area contributed by atoms with Crippen LogP contribution in [0.15, 0.2) is 24.3 Å². The van der Waals surface area contributed by atoms with Gasteiger partial charge in [0.2, 0.25) is 11.8 Å². The summed E-state index contributed by atoms with van der Waals surface area (Å²) in [6.45, 7) is 1.88. The molecule has 3 rings (SSSR count). The van der Waals surface area contributed by atoms with Crippen LogP contribution in [0.5, 0.6) is 0 Å². The highest BCUT2D eigenvalue weighted by Gasteiger charge is 2.36. The molecule has 1 heterocycles. The van der Waals surface area contributed by atoms with Gasteiger partial charge in [-0.3, -0.25) is 9.59 Å². The normalized spacial score (nSPS) is 21.2. The van der Waals surface area contributed by atoms with Crippen molar-refractivity contribution >= 4 is 11.8 Å². The van der Waals surface area contributed by atoms with E-state index in [0.29, 0.717) is 31.8 Å². The third-order valence-electron chi connectivity index (χ3n) is 4.39. The summed E-state index contributed by atoms with van der Waals surface area (Å²) >= 11 is 0. The highest BCUT2D eigenvalue weighted by molar-refractivity contribution is 5.89. The molecule has 0 radical (unpaired) electrons. The Kier molecular flexibility index (Phi) is 4.41. The molecule has 118 valence electrons. The summed E-state index contributed by atoms with van der Waals surface area (Å²) in [5.41, 5.74) is 0.986. The van der Waals surface area contributed by atoms with Crippen molar-refractivity contribution in [1.82, 2.24) is 10.2 Å². The van der Waals surface area contributed by atoms with Crippen LogP contribution in [-0.2, 0) is 16.0 Å². The van der Waals surface area contributed by atoms with Crippen LogP contribution in [-0.4, -0.2) is 36.3 Å². The van der Waals surface area contributed by atoms with Crippen LogP contribution in [0.25, 0.3) is 0 Å². The summed E-state index contributed by atoms with van der Waals surface area (Å²) in [5.74, 6) is 0.232. The lowest BCUT2D eigenvalue weighted by atomic mass is 10.1. The fraction of sp³-hybridized carbons (Fsp3) is 0.529. The Balaban J connectivity index is 1.42. The SMILES string of the molecule is O=C(NCCc1ccc(F)cc1)[C@@H]1CC(=O)N(CC2CC2)C1. The molecular weight excluding hydrogens is 283 g/mol. The first-order valence-electron chi connectivity index (χ1n) is 7.92. The molecule has 1 aromatic carbocycles. The summed E-state index contributed by atoms with van der Waals surface area (Å²) in [5, 5.41) is 2.89. The van der Waals surface area contributed by atoms with Crippen molar-refractivity contribution in [2.24, 2.45) is 11.8 Å². The highest BCUT2D eigenvalue weighted by Crippen LogP contribution is 2.31. The average molecular weight is 304 g/mol. The number of carbonyl (C=O) groups is 2. The summed E-state index contributed by atoms with van der Waals surface area (Å²) < 4.78 is 12.8. The van der Waals surface area contributed by atoms with E-state index >= 15 is 0 Å². The molecule has 1 N–H and O–H groups in total. The maximum Gasteiger partial charge on any atom is 0.225 e. The molecule has 2 amide bonds. The van der Waals surface area contributed by atoms with E-state index in [0.717, 1.165) is 12.1 Å². The lowest BCUT2D eigenvalue weighted by Crippen LogP contribution is -2.34. The van der Waals surface area contributed by atoms with E-state index in [2.05, 4.69) is 5.32 Å². The van der Waals surface area contributed by atoms with Crippen molar-refractivity contribution in [3.63, 3.8) is 0 Å². The first-order valence-corrected chi connectivity index (χ1v) is 7.92. The number of carbonyl (C=O) groups excluding carboxylic acids is 2. The van der Waals surface area contributed by atoms with Crippen molar-refractivity contribution in [1.29, 1.82) is 0 Å². The smallest absolute Gasteiger partial charge is 0.225 e. The Hall–Kier alpha value is -1.91. The molecule has 1 aromatic rings. The Bertz CT molecular complexity index is 554. The van der Waals surface area contributed by atoms with Gasteiger partial charge in [0.1, 0.15) is 5.82 Å². The molecule has 2 fully saturated rings. The third-order valence-corrected chi connectivity index (χ3v) is 4.39. The van der Waals surface area contributed by atoms with E-state index in [-0.39, 0.29) is 23.5 Å². The van der Waals surface area contributed by atoms with Crippen LogP contribution >= 0.6 is 0 Å². The van der Waals surface area contributed by atoms with E-state index in [4.69, 9.17) is 0 Å². The predicted molar refractivity (Wildman–Crippen MR) is 80.5 cm³/mol. The van der Waals surface area contributed by atoms with Crippen molar-refractivity contribution in [3.05, 3.63) is 35.6 Å². The van der Waals surface area contributed by atoms with Gasteiger partial charge < -0.3 is 10.2 Å². The number of nitrogens with one attached hydrogen (secondary N) is 1. The molecule has 1 saturated carbocycles. The Morgan fingerprint density at radius 1 is 1.27 bits per heavy atom. The average Bonchev–Trinajstić information content (AvgIpc) is 3.24. The molecule has 0 aromatic heterocycles. The quantitative estimate of drug-likeness (QED) is 0.870. The van der Waals surface area contributed by atoms with Crippen LogP contribution in [0, 0.1) is 17.7 Å². The van der Waals surface area contributed by atoms with E-state index in [9.17, 15) is 14.0 Å². The van der Waals surface area contributed by atoms with E-state index in [1.807, 2.05) is 4.90 Å². The van der Waals surface area contributed by atoms with Gasteiger partial charge in [-0.2, -0.15) is 0 Å². The predicted octanol–water partition coefficient (Wildman–Crippen LogP) is 1.74. The molecule has 2 aliphatic rings. The summed E-state index contributed by atoms with van der Waals surface area (Å²) in [4.78, 5) is 25.9. The third kappa shape index (κ3) is 3.84. The molecule has 1 aliphatic heterocycles. The Morgan fingerprint density at radius 3 is 2.68 bits per heavy atom. The van der Waals surface area contributed by atoms with E-state index < -0.39 is 0 Å². The second-order valence-electron chi connectivity index (χ2n) is 6.31. The lowest BCUT2D eigenvalue weighted by Gasteiger charge is -2.16. The van der Waals surface area contributed by atoms with Crippen molar-refractivity contribution < 1.29 is 14.0 Å². The van der Waals surface area contributed by atoms with Crippen LogP contribution in [0.2, 0.25) is 0 Å². The second kappa shape index (κ2) is 6.46. The van der Waals surface area contributed by atoms with Gasteiger partial charge >= 0.3 is 0 Å². The minimum absolute atomic E-state index is 0.0474. The number of hydrogen-bond donors (Lipinski definition) is 1. The first kappa shape index (κ1) is 15.0. The number of rotatable bonds is 6. The molecular formula is C17H21FN2O2. The molecule has 0 bridgehead atoms. The molecule has 5 heteroatoms. The van der Waals surface area contributed by atoms with Gasteiger partial charge in [0, 0.05) is 26.1 Å². The number of amides is 2. The molecule has 1 atom stereocenters. The minimum atomic E-state index is -0.256. The van der Waals surface area contributed by atoms with Crippen molar-refractivity contribution in [3.8, 4) is 0 Å². The van der Waals surface area contributed by atoms with Crippen LogP contribution in [0.1, 0.15) is 24.8 Å². The van der Waals surface area contributed by atoms with Gasteiger partial charge in [-0.1, -0.05) is 12.1 Å². The molecule has 4 nitrogen and oxygen atoms in total. The van der Waals surface area contributed by atoms with Gasteiger partial charge in [0.25, 0.3) is 0 Å². The fourth-order valence-corrected chi connectivity index (χ4v) is 2.86. The second-order valence-corrected chi connectivity index (χ2v) is 6.31. The topological polar surface area (TPSA) is 49.4 Å². The molecule has 1 aliphatic carbocycles. The zero-order chi connectivity index (χ0) is 15.5. The van der Waals surface area contributed by atoms with Crippen LogP contribution in [0.4, 0.5) is 4.39 Å². The van der Waals surface area contributed by atoms with E-state index in [1.54, 1.807) is 12.1 Å². The van der Waals surface area contributed by atoms with Gasteiger partial charge in [-0.05, 0) is 42.9 Å². The maximum atomic E-state index is 12.8. The van der Waals surface area contributed by atoms with E-state index in [1.165, 1.54) is 25.0 Å². The van der Waals surface area contributed by atoms with Crippen LogP contribution in [0.3, 0.4) is 0 Å². The van der Waals surface area contributed by atoms with Crippen molar-refractivity contribution in [2.75, 3.05) is 19.6 Å². The minimum Gasteiger partial charge on any atom is -0.355 e. The van der Waals surface area contributed by atoms with Gasteiger partial charge in [-0.15, -0.1) is 0 Å². The summed E-state index contributed by atoms with van der Waals surface area (Å²) in [6, 6.07) is 6.28. The van der Waals surface area contributed by atoms with Gasteiger partial charge in [0.15, 0.2) is 0 Å². The zero-order valence-electron chi connectivity index (χ0n) is 12.6. The van der Waals surface area contributed by atoms with Gasteiger partial charge in [-0.25, -0.2) is 4.39 Å². The first-order chi connectivity index (χ1) is 10.6. The van der Waals surface area contributed by atoms with Crippen LogP contribution < -0.4 is 5.32 Å². The largest absolute Gasteiger partial charge is 0.355 e. The highest BCUT2D eigenvalue weighted by atomic mass is 19.1. The monoisotopic (exact) mass is 304 g/mol. The Labute approximate surface area is 129 Å². The molecule has 22 heavy (non-hydrogen) atoms. The number of halogens is 1. The molecule has 0 spiro atoms. The maximum absolute atomic E-state index is 12.8. The number of hydrogen-bond acceptors (Lipinski definition) is 2. The fourth-order valence-electron chi connectivity index (χ4n) is 2.86. The molecule has 1 saturated heterocycles. The number of likely N-dealkylation sites (tertiary alicyclic amines) is 1. The standard InChI is InChI=1S/C17H21FN2O2/c18-15-5-3-12(4-6-15)7-8-19-17(22)14-9-16(21)20(11-14)10-13-1-2-13/h3-6,13-14H,1-2,7-11H2,(H,19,22)/t14-/m1/s1. The van der Waals surface area contributed by atoms with Gasteiger partial charge in [0.05, 0.1) is 5.92 Å². The molecule has 0 unspecified atom stereocenters.